The minimum absolute atomic E-state index is 0.0595. The van der Waals surface area contributed by atoms with Crippen molar-refractivity contribution in [2.45, 2.75) is 24.4 Å². The Bertz CT molecular complexity index is 402. The zero-order chi connectivity index (χ0) is 25.3. The van der Waals surface area contributed by atoms with Crippen molar-refractivity contribution in [2.24, 2.45) is 0 Å². The zero-order valence-electron chi connectivity index (χ0n) is 23.0. The van der Waals surface area contributed by atoms with E-state index < -0.39 is 0 Å². The maximum atomic E-state index is 6.21. The van der Waals surface area contributed by atoms with Gasteiger partial charge >= 0.3 is 0 Å². The van der Waals surface area contributed by atoms with Crippen molar-refractivity contribution in [1.29, 1.82) is 0 Å². The van der Waals surface area contributed by atoms with Crippen molar-refractivity contribution in [3.8, 4) is 0 Å². The van der Waals surface area contributed by atoms with Crippen LogP contribution in [0.15, 0.2) is 0 Å². The number of nitrogens with zero attached hydrogens (tertiary/aromatic N) is 4. The van der Waals surface area contributed by atoms with Gasteiger partial charge in [-0.1, -0.05) is 0 Å². The molecular formula is C24H52N4O6. The molecule has 10 heteroatoms. The first-order chi connectivity index (χ1) is 16.2. The molecule has 1 aliphatic rings. The minimum atomic E-state index is -0.0595. The van der Waals surface area contributed by atoms with Gasteiger partial charge in [0.2, 0.25) is 0 Å². The van der Waals surface area contributed by atoms with Crippen LogP contribution in [-0.2, 0) is 28.4 Å². The van der Waals surface area contributed by atoms with Crippen molar-refractivity contribution in [3.63, 3.8) is 0 Å². The summed E-state index contributed by atoms with van der Waals surface area (Å²) in [6.45, 7) is 7.19. The molecule has 0 saturated carbocycles. The average Bonchev–Trinajstić information content (AvgIpc) is 2.72. The van der Waals surface area contributed by atoms with Gasteiger partial charge in [0.1, 0.15) is 0 Å². The number of ether oxygens (including phenoxy) is 6. The maximum absolute atomic E-state index is 6.21. The van der Waals surface area contributed by atoms with E-state index in [0.29, 0.717) is 52.9 Å². The van der Waals surface area contributed by atoms with Crippen molar-refractivity contribution in [1.82, 2.24) is 19.6 Å². The van der Waals surface area contributed by atoms with Crippen LogP contribution in [0.25, 0.3) is 0 Å². The molecule has 0 aromatic rings. The van der Waals surface area contributed by atoms with Crippen LogP contribution in [0.4, 0.5) is 0 Å². The molecule has 0 aromatic carbocycles. The van der Waals surface area contributed by atoms with Crippen LogP contribution >= 0.6 is 0 Å². The third kappa shape index (κ3) is 15.6. The summed E-state index contributed by atoms with van der Waals surface area (Å²) in [4.78, 5) is 8.50. The van der Waals surface area contributed by atoms with E-state index in [1.165, 1.54) is 0 Å². The van der Waals surface area contributed by atoms with Crippen LogP contribution in [0.3, 0.4) is 0 Å². The van der Waals surface area contributed by atoms with Gasteiger partial charge in [-0.2, -0.15) is 0 Å². The van der Waals surface area contributed by atoms with Crippen LogP contribution in [-0.4, -0.2) is 179 Å². The lowest BCUT2D eigenvalue weighted by Gasteiger charge is -2.32. The fourth-order valence-electron chi connectivity index (χ4n) is 3.79. The quantitative estimate of drug-likeness (QED) is 0.456. The van der Waals surface area contributed by atoms with Crippen LogP contribution in [0.1, 0.15) is 0 Å². The van der Waals surface area contributed by atoms with Crippen LogP contribution in [0.2, 0.25) is 0 Å². The highest BCUT2D eigenvalue weighted by Gasteiger charge is 2.26. The molecule has 10 nitrogen and oxygen atoms in total. The van der Waals surface area contributed by atoms with Gasteiger partial charge in [-0.05, 0) is 56.4 Å². The van der Waals surface area contributed by atoms with Crippen molar-refractivity contribution in [2.75, 3.05) is 135 Å². The molecule has 1 heterocycles. The van der Waals surface area contributed by atoms with Crippen LogP contribution in [0, 0.1) is 0 Å². The maximum Gasteiger partial charge on any atom is 0.0976 e. The minimum Gasteiger partial charge on any atom is -0.377 e. The van der Waals surface area contributed by atoms with Crippen LogP contribution < -0.4 is 0 Å². The Kier molecular flexibility index (Phi) is 17.5. The molecule has 1 rings (SSSR count). The summed E-state index contributed by atoms with van der Waals surface area (Å²) in [6.07, 6.45) is -0.238. The first-order valence-electron chi connectivity index (χ1n) is 12.4. The van der Waals surface area contributed by atoms with E-state index in [2.05, 4.69) is 19.6 Å². The van der Waals surface area contributed by atoms with E-state index in [1.807, 2.05) is 56.4 Å². The number of likely N-dealkylation sites (N-methyl/N-ethyl adjacent to an activating group) is 4. The molecule has 0 unspecified atom stereocenters. The second-order valence-corrected chi connectivity index (χ2v) is 9.91. The lowest BCUT2D eigenvalue weighted by atomic mass is 10.1. The molecule has 1 fully saturated rings. The lowest BCUT2D eigenvalue weighted by Crippen LogP contribution is -2.46. The number of hydrogen-bond acceptors (Lipinski definition) is 10. The second kappa shape index (κ2) is 18.8. The molecule has 1 saturated heterocycles. The van der Waals surface area contributed by atoms with Gasteiger partial charge in [-0.3, -0.25) is 0 Å². The Morgan fingerprint density at radius 2 is 0.588 bits per heavy atom. The zero-order valence-corrected chi connectivity index (χ0v) is 23.0. The molecule has 0 aromatic heterocycles. The molecule has 0 radical (unpaired) electrons. The molecule has 1 aliphatic heterocycles. The summed E-state index contributed by atoms with van der Waals surface area (Å²) in [5, 5.41) is 0. The predicted octanol–water partition coefficient (Wildman–Crippen LogP) is -0.180. The molecule has 0 spiro atoms. The van der Waals surface area contributed by atoms with Gasteiger partial charge in [-0.25, -0.2) is 0 Å². The van der Waals surface area contributed by atoms with E-state index >= 15 is 0 Å². The van der Waals surface area contributed by atoms with E-state index in [1.54, 1.807) is 0 Å². The molecule has 4 atom stereocenters. The predicted molar refractivity (Wildman–Crippen MR) is 135 cm³/mol. The summed E-state index contributed by atoms with van der Waals surface area (Å²) in [7, 11) is 16.4. The van der Waals surface area contributed by atoms with E-state index in [9.17, 15) is 0 Å². The highest BCUT2D eigenvalue weighted by atomic mass is 16.6. The third-order valence-corrected chi connectivity index (χ3v) is 5.25. The van der Waals surface area contributed by atoms with E-state index in [-0.39, 0.29) is 24.4 Å². The normalized spacial score (nSPS) is 27.9. The SMILES string of the molecule is CN(C)C[C@@H]1OCCOCCO[C@H](CN(C)C)[C@H](CN(C)C)OCCOCCO[C@@H]1CN(C)C. The monoisotopic (exact) mass is 492 g/mol. The van der Waals surface area contributed by atoms with Gasteiger partial charge in [0, 0.05) is 26.2 Å². The number of hydrogen-bond donors (Lipinski definition) is 0. The van der Waals surface area contributed by atoms with Gasteiger partial charge < -0.3 is 48.0 Å². The van der Waals surface area contributed by atoms with Crippen molar-refractivity contribution >= 4 is 0 Å². The van der Waals surface area contributed by atoms with Gasteiger partial charge in [-0.15, -0.1) is 0 Å². The highest BCUT2D eigenvalue weighted by molar-refractivity contribution is 4.77. The van der Waals surface area contributed by atoms with E-state index in [0.717, 1.165) is 26.2 Å². The fourth-order valence-corrected chi connectivity index (χ4v) is 3.79. The first-order valence-corrected chi connectivity index (χ1v) is 12.4. The Hall–Kier alpha value is -0.400. The van der Waals surface area contributed by atoms with Crippen molar-refractivity contribution < 1.29 is 28.4 Å². The lowest BCUT2D eigenvalue weighted by molar-refractivity contribution is -0.124. The first kappa shape index (κ1) is 31.6. The van der Waals surface area contributed by atoms with Crippen LogP contribution in [0.5, 0.6) is 0 Å². The summed E-state index contributed by atoms with van der Waals surface area (Å²) in [5.41, 5.74) is 0. The van der Waals surface area contributed by atoms with Crippen molar-refractivity contribution in [3.05, 3.63) is 0 Å². The molecule has 0 N–H and O–H groups in total. The Morgan fingerprint density at radius 3 is 0.765 bits per heavy atom. The van der Waals surface area contributed by atoms with Gasteiger partial charge in [0.25, 0.3) is 0 Å². The molecule has 0 aliphatic carbocycles. The third-order valence-electron chi connectivity index (χ3n) is 5.25. The molecule has 34 heavy (non-hydrogen) atoms. The smallest absolute Gasteiger partial charge is 0.0976 e. The molecular weight excluding hydrogens is 440 g/mol. The fraction of sp³-hybridized carbons (Fsp3) is 1.00. The Labute approximate surface area is 208 Å². The Balaban J connectivity index is 2.78. The second-order valence-electron chi connectivity index (χ2n) is 9.91. The summed E-state index contributed by atoms with van der Waals surface area (Å²) in [6, 6.07) is 0. The standard InChI is InChI=1S/C24H52N4O6/c1-25(2)17-21-22(18-26(3)4)32-14-10-30-12-16-34-24(20-28(7)8)23(19-27(5)6)33-15-11-29-9-13-31-21/h21-24H,9-20H2,1-8H3/t21-,22+,23+,24-. The van der Waals surface area contributed by atoms with E-state index in [4.69, 9.17) is 28.4 Å². The molecule has 0 bridgehead atoms. The summed E-state index contributed by atoms with van der Waals surface area (Å²) in [5.74, 6) is 0. The average molecular weight is 493 g/mol. The largest absolute Gasteiger partial charge is 0.377 e. The summed E-state index contributed by atoms with van der Waals surface area (Å²) >= 11 is 0. The van der Waals surface area contributed by atoms with Gasteiger partial charge in [0.05, 0.1) is 77.3 Å². The molecule has 0 amide bonds. The topological polar surface area (TPSA) is 68.3 Å². The Morgan fingerprint density at radius 1 is 0.382 bits per heavy atom. The molecule has 204 valence electrons. The highest BCUT2D eigenvalue weighted by Crippen LogP contribution is 2.10. The van der Waals surface area contributed by atoms with Gasteiger partial charge in [0.15, 0.2) is 0 Å². The summed E-state index contributed by atoms with van der Waals surface area (Å²) < 4.78 is 36.5. The number of rotatable bonds is 8.